The summed E-state index contributed by atoms with van der Waals surface area (Å²) in [4.78, 5) is 37.9. The van der Waals surface area contributed by atoms with Gasteiger partial charge < -0.3 is 10.1 Å². The van der Waals surface area contributed by atoms with Crippen molar-refractivity contribution >= 4 is 35.0 Å². The number of anilines is 1. The Morgan fingerprint density at radius 2 is 2.04 bits per heavy atom. The number of nitro benzene ring substituents is 1. The van der Waals surface area contributed by atoms with Gasteiger partial charge in [-0.25, -0.2) is 9.78 Å². The molecule has 0 aliphatic heterocycles. The Morgan fingerprint density at radius 1 is 1.29 bits per heavy atom. The summed E-state index contributed by atoms with van der Waals surface area (Å²) in [7, 11) is 0. The van der Waals surface area contributed by atoms with Crippen molar-refractivity contribution in [2.45, 2.75) is 6.92 Å². The van der Waals surface area contributed by atoms with E-state index >= 15 is 0 Å². The molecule has 1 heterocycles. The maximum atomic E-state index is 12.2. The molecule has 1 N–H and O–H groups in total. The number of carbonyl (C=O) groups excluding carboxylic acids is 2. The molecule has 2 aromatic rings. The molecule has 1 aromatic heterocycles. The van der Waals surface area contributed by atoms with Gasteiger partial charge in [-0.3, -0.25) is 14.9 Å². The lowest BCUT2D eigenvalue weighted by Crippen LogP contribution is -2.14. The molecule has 1 aromatic carbocycles. The van der Waals surface area contributed by atoms with Gasteiger partial charge in [-0.05, 0) is 31.2 Å². The van der Waals surface area contributed by atoms with Gasteiger partial charge in [0.25, 0.3) is 11.6 Å². The minimum Gasteiger partial charge on any atom is -0.462 e. The van der Waals surface area contributed by atoms with E-state index in [4.69, 9.17) is 16.3 Å². The average Bonchev–Trinajstić information content (AvgIpc) is 2.55. The summed E-state index contributed by atoms with van der Waals surface area (Å²) in [5.41, 5.74) is -0.115. The Hall–Kier alpha value is -3.00. The third-order valence-electron chi connectivity index (χ3n) is 2.92. The molecule has 0 bridgehead atoms. The van der Waals surface area contributed by atoms with E-state index in [-0.39, 0.29) is 34.3 Å². The normalized spacial score (nSPS) is 10.1. The van der Waals surface area contributed by atoms with E-state index in [1.54, 1.807) is 6.92 Å². The molecule has 124 valence electrons. The molecule has 0 spiro atoms. The highest BCUT2D eigenvalue weighted by Crippen LogP contribution is 2.25. The van der Waals surface area contributed by atoms with Crippen molar-refractivity contribution in [3.8, 4) is 0 Å². The monoisotopic (exact) mass is 349 g/mol. The van der Waals surface area contributed by atoms with Gasteiger partial charge in [0.1, 0.15) is 10.8 Å². The Labute approximate surface area is 141 Å². The van der Waals surface area contributed by atoms with Gasteiger partial charge in [-0.1, -0.05) is 11.6 Å². The standard InChI is InChI=1S/C15H12ClN3O5/c1-2-24-15(21)10-5-6-17-13(8-10)18-14(20)9-3-4-11(16)12(7-9)19(22)23/h3-8H,2H2,1H3,(H,17,18,20). The molecule has 0 saturated carbocycles. The number of esters is 1. The SMILES string of the molecule is CCOC(=O)c1ccnc(NC(=O)c2ccc(Cl)c([N+](=O)[O-])c2)c1. The summed E-state index contributed by atoms with van der Waals surface area (Å²) < 4.78 is 4.86. The zero-order chi connectivity index (χ0) is 17.7. The molecule has 0 saturated heterocycles. The third-order valence-corrected chi connectivity index (χ3v) is 3.24. The molecular weight excluding hydrogens is 338 g/mol. The molecule has 2 rings (SSSR count). The first-order chi connectivity index (χ1) is 11.4. The Morgan fingerprint density at radius 3 is 2.71 bits per heavy atom. The Bertz CT molecular complexity index is 809. The lowest BCUT2D eigenvalue weighted by atomic mass is 10.2. The molecule has 24 heavy (non-hydrogen) atoms. The first-order valence-corrected chi connectivity index (χ1v) is 7.18. The second-order valence-corrected chi connectivity index (χ2v) is 4.93. The fourth-order valence-corrected chi connectivity index (χ4v) is 2.01. The minimum absolute atomic E-state index is 0.0365. The van der Waals surface area contributed by atoms with Crippen molar-refractivity contribution < 1.29 is 19.2 Å². The van der Waals surface area contributed by atoms with Gasteiger partial charge in [0.2, 0.25) is 0 Å². The van der Waals surface area contributed by atoms with Crippen LogP contribution in [0.3, 0.4) is 0 Å². The summed E-state index contributed by atoms with van der Waals surface area (Å²) >= 11 is 5.70. The number of carbonyl (C=O) groups is 2. The van der Waals surface area contributed by atoms with E-state index in [9.17, 15) is 19.7 Å². The largest absolute Gasteiger partial charge is 0.462 e. The van der Waals surface area contributed by atoms with E-state index < -0.39 is 16.8 Å². The number of halogens is 1. The number of hydrogen-bond donors (Lipinski definition) is 1. The van der Waals surface area contributed by atoms with Crippen molar-refractivity contribution in [1.29, 1.82) is 0 Å². The quantitative estimate of drug-likeness (QED) is 0.504. The van der Waals surface area contributed by atoms with Crippen LogP contribution in [-0.4, -0.2) is 28.4 Å². The van der Waals surface area contributed by atoms with E-state index in [1.165, 1.54) is 30.5 Å². The number of aromatic nitrogens is 1. The molecule has 9 heteroatoms. The number of nitrogens with one attached hydrogen (secondary N) is 1. The van der Waals surface area contributed by atoms with Crippen LogP contribution in [0.1, 0.15) is 27.6 Å². The smallest absolute Gasteiger partial charge is 0.338 e. The highest BCUT2D eigenvalue weighted by atomic mass is 35.5. The molecule has 0 radical (unpaired) electrons. The molecule has 1 amide bonds. The predicted molar refractivity (Wildman–Crippen MR) is 86.3 cm³/mol. The van der Waals surface area contributed by atoms with Gasteiger partial charge in [0, 0.05) is 17.8 Å². The van der Waals surface area contributed by atoms with Crippen LogP contribution in [0.25, 0.3) is 0 Å². The summed E-state index contributed by atoms with van der Waals surface area (Å²) in [5, 5.41) is 13.2. The second-order valence-electron chi connectivity index (χ2n) is 4.53. The van der Waals surface area contributed by atoms with E-state index in [0.717, 1.165) is 6.07 Å². The predicted octanol–water partition coefficient (Wildman–Crippen LogP) is 3.07. The highest BCUT2D eigenvalue weighted by molar-refractivity contribution is 6.32. The van der Waals surface area contributed by atoms with Gasteiger partial charge in [-0.15, -0.1) is 0 Å². The maximum Gasteiger partial charge on any atom is 0.338 e. The number of benzene rings is 1. The number of ether oxygens (including phenoxy) is 1. The first-order valence-electron chi connectivity index (χ1n) is 6.81. The van der Waals surface area contributed by atoms with Crippen molar-refractivity contribution in [1.82, 2.24) is 4.98 Å². The van der Waals surface area contributed by atoms with Gasteiger partial charge >= 0.3 is 5.97 Å². The number of nitro groups is 1. The molecule has 8 nitrogen and oxygen atoms in total. The topological polar surface area (TPSA) is 111 Å². The van der Waals surface area contributed by atoms with E-state index in [2.05, 4.69) is 10.3 Å². The van der Waals surface area contributed by atoms with Crippen LogP contribution in [0.4, 0.5) is 11.5 Å². The lowest BCUT2D eigenvalue weighted by Gasteiger charge is -2.07. The van der Waals surface area contributed by atoms with Crippen LogP contribution >= 0.6 is 11.6 Å². The molecule has 0 unspecified atom stereocenters. The Balaban J connectivity index is 2.21. The minimum atomic E-state index is -0.682. The fraction of sp³-hybridized carbons (Fsp3) is 0.133. The number of pyridine rings is 1. The van der Waals surface area contributed by atoms with Crippen molar-refractivity contribution in [2.75, 3.05) is 11.9 Å². The number of nitrogens with zero attached hydrogens (tertiary/aromatic N) is 2. The van der Waals surface area contributed by atoms with Crippen LogP contribution in [0.2, 0.25) is 5.02 Å². The second kappa shape index (κ2) is 7.51. The van der Waals surface area contributed by atoms with Crippen molar-refractivity contribution in [3.63, 3.8) is 0 Å². The van der Waals surface area contributed by atoms with Crippen LogP contribution in [-0.2, 0) is 4.74 Å². The summed E-state index contributed by atoms with van der Waals surface area (Å²) in [6, 6.07) is 6.46. The number of hydrogen-bond acceptors (Lipinski definition) is 6. The molecule has 0 aliphatic rings. The van der Waals surface area contributed by atoms with E-state index in [1.807, 2.05) is 0 Å². The number of rotatable bonds is 5. The van der Waals surface area contributed by atoms with E-state index in [0.29, 0.717) is 0 Å². The summed E-state index contributed by atoms with van der Waals surface area (Å²) in [5.74, 6) is -1.05. The lowest BCUT2D eigenvalue weighted by molar-refractivity contribution is -0.384. The van der Waals surface area contributed by atoms with Crippen LogP contribution in [0.5, 0.6) is 0 Å². The first kappa shape index (κ1) is 17.4. The van der Waals surface area contributed by atoms with Gasteiger partial charge in [0.15, 0.2) is 0 Å². The molecule has 0 atom stereocenters. The average molecular weight is 350 g/mol. The van der Waals surface area contributed by atoms with Crippen LogP contribution in [0.15, 0.2) is 36.5 Å². The summed E-state index contributed by atoms with van der Waals surface area (Å²) in [6.45, 7) is 1.90. The van der Waals surface area contributed by atoms with Gasteiger partial charge in [-0.2, -0.15) is 0 Å². The third kappa shape index (κ3) is 4.05. The zero-order valence-electron chi connectivity index (χ0n) is 12.5. The van der Waals surface area contributed by atoms with Crippen LogP contribution < -0.4 is 5.32 Å². The molecule has 0 aliphatic carbocycles. The maximum absolute atomic E-state index is 12.2. The zero-order valence-corrected chi connectivity index (χ0v) is 13.2. The summed E-state index contributed by atoms with van der Waals surface area (Å²) in [6.07, 6.45) is 1.34. The molecule has 0 fully saturated rings. The highest BCUT2D eigenvalue weighted by Gasteiger charge is 2.17. The Kier molecular flexibility index (Phi) is 5.43. The van der Waals surface area contributed by atoms with Crippen molar-refractivity contribution in [3.05, 3.63) is 62.8 Å². The van der Waals surface area contributed by atoms with Gasteiger partial charge in [0.05, 0.1) is 17.1 Å². The molecular formula is C15H12ClN3O5. The van der Waals surface area contributed by atoms with Crippen molar-refractivity contribution in [2.24, 2.45) is 0 Å². The van der Waals surface area contributed by atoms with Crippen LogP contribution in [0, 0.1) is 10.1 Å². The fourth-order valence-electron chi connectivity index (χ4n) is 1.82. The number of amides is 1.